The average molecular weight is 306 g/mol. The van der Waals surface area contributed by atoms with E-state index in [1.165, 1.54) is 5.56 Å². The number of carbonyl (C=O) groups is 1. The van der Waals surface area contributed by atoms with Crippen molar-refractivity contribution in [2.75, 3.05) is 5.32 Å². The quantitative estimate of drug-likeness (QED) is 0.774. The van der Waals surface area contributed by atoms with E-state index >= 15 is 0 Å². The number of nitrogens with one attached hydrogen (secondary N) is 1. The highest BCUT2D eigenvalue weighted by atomic mass is 16.5. The molecule has 0 atom stereocenters. The molecule has 0 spiro atoms. The molecule has 0 aliphatic carbocycles. The van der Waals surface area contributed by atoms with E-state index < -0.39 is 0 Å². The fourth-order valence-electron chi connectivity index (χ4n) is 2.50. The van der Waals surface area contributed by atoms with Gasteiger partial charge in [-0.05, 0) is 31.0 Å². The van der Waals surface area contributed by atoms with E-state index in [4.69, 9.17) is 4.52 Å². The minimum Gasteiger partial charge on any atom is -0.360 e. The second-order valence-corrected chi connectivity index (χ2v) is 5.34. The molecule has 4 heteroatoms. The molecule has 116 valence electrons. The van der Waals surface area contributed by atoms with Gasteiger partial charge in [0.25, 0.3) is 5.91 Å². The van der Waals surface area contributed by atoms with Crippen LogP contribution in [-0.4, -0.2) is 11.1 Å². The largest absolute Gasteiger partial charge is 0.360 e. The highest BCUT2D eigenvalue weighted by Crippen LogP contribution is 2.26. The number of carbonyl (C=O) groups excluding carboxylic acids is 1. The first-order valence-electron chi connectivity index (χ1n) is 7.61. The Morgan fingerprint density at radius 1 is 1.13 bits per heavy atom. The second-order valence-electron chi connectivity index (χ2n) is 5.34. The summed E-state index contributed by atoms with van der Waals surface area (Å²) in [6.45, 7) is 3.83. The van der Waals surface area contributed by atoms with Crippen LogP contribution in [0.1, 0.15) is 28.6 Å². The van der Waals surface area contributed by atoms with Crippen molar-refractivity contribution < 1.29 is 9.32 Å². The van der Waals surface area contributed by atoms with Crippen molar-refractivity contribution in [1.29, 1.82) is 0 Å². The van der Waals surface area contributed by atoms with Crippen LogP contribution in [0, 0.1) is 6.92 Å². The molecule has 0 unspecified atom stereocenters. The minimum absolute atomic E-state index is 0.212. The zero-order valence-electron chi connectivity index (χ0n) is 13.2. The summed E-state index contributed by atoms with van der Waals surface area (Å²) in [4.78, 5) is 12.7. The molecule has 0 aliphatic rings. The molecule has 1 aromatic heterocycles. The molecule has 0 bridgehead atoms. The average Bonchev–Trinajstić information content (AvgIpc) is 2.97. The molecule has 2 aromatic carbocycles. The van der Waals surface area contributed by atoms with Gasteiger partial charge in [-0.25, -0.2) is 0 Å². The summed E-state index contributed by atoms with van der Waals surface area (Å²) in [5.41, 5.74) is 3.84. The van der Waals surface area contributed by atoms with Crippen LogP contribution in [0.4, 0.5) is 5.69 Å². The van der Waals surface area contributed by atoms with E-state index in [0.717, 1.165) is 17.7 Å². The highest BCUT2D eigenvalue weighted by Gasteiger charge is 2.21. The molecular weight excluding hydrogens is 288 g/mol. The molecule has 4 nitrogen and oxygen atoms in total. The lowest BCUT2D eigenvalue weighted by Crippen LogP contribution is -2.13. The van der Waals surface area contributed by atoms with Gasteiger partial charge in [-0.15, -0.1) is 0 Å². The lowest BCUT2D eigenvalue weighted by Gasteiger charge is -2.07. The summed E-state index contributed by atoms with van der Waals surface area (Å²) in [6, 6.07) is 17.4. The van der Waals surface area contributed by atoms with Crippen molar-refractivity contribution in [3.05, 3.63) is 71.5 Å². The van der Waals surface area contributed by atoms with Crippen molar-refractivity contribution in [3.8, 4) is 11.3 Å². The van der Waals surface area contributed by atoms with Crippen molar-refractivity contribution >= 4 is 11.6 Å². The fourth-order valence-corrected chi connectivity index (χ4v) is 2.50. The van der Waals surface area contributed by atoms with Crippen molar-refractivity contribution in [3.63, 3.8) is 0 Å². The van der Waals surface area contributed by atoms with Gasteiger partial charge in [0.2, 0.25) is 0 Å². The molecule has 0 saturated heterocycles. The number of rotatable bonds is 4. The molecule has 1 heterocycles. The van der Waals surface area contributed by atoms with E-state index in [9.17, 15) is 4.79 Å². The van der Waals surface area contributed by atoms with Gasteiger partial charge in [-0.3, -0.25) is 4.79 Å². The lowest BCUT2D eigenvalue weighted by molar-refractivity contribution is 0.102. The Morgan fingerprint density at radius 2 is 1.91 bits per heavy atom. The van der Waals surface area contributed by atoms with Gasteiger partial charge < -0.3 is 9.84 Å². The van der Waals surface area contributed by atoms with E-state index in [2.05, 4.69) is 17.4 Å². The number of benzene rings is 2. The number of amides is 1. The third-order valence-electron chi connectivity index (χ3n) is 3.73. The molecule has 3 aromatic rings. The Labute approximate surface area is 135 Å². The summed E-state index contributed by atoms with van der Waals surface area (Å²) < 4.78 is 5.24. The van der Waals surface area contributed by atoms with Gasteiger partial charge in [0.1, 0.15) is 17.0 Å². The summed E-state index contributed by atoms with van der Waals surface area (Å²) in [5, 5.41) is 6.98. The topological polar surface area (TPSA) is 55.1 Å². The summed E-state index contributed by atoms with van der Waals surface area (Å²) in [6.07, 6.45) is 0.922. The Morgan fingerprint density at radius 3 is 2.65 bits per heavy atom. The molecular formula is C19H18N2O2. The first-order valence-corrected chi connectivity index (χ1v) is 7.61. The Hall–Kier alpha value is -2.88. The van der Waals surface area contributed by atoms with Crippen LogP contribution in [0.5, 0.6) is 0 Å². The van der Waals surface area contributed by atoms with Crippen LogP contribution < -0.4 is 5.32 Å². The molecule has 0 fully saturated rings. The molecule has 1 N–H and O–H groups in total. The number of hydrogen-bond acceptors (Lipinski definition) is 3. The van der Waals surface area contributed by atoms with Crippen molar-refractivity contribution in [2.24, 2.45) is 0 Å². The highest BCUT2D eigenvalue weighted by molar-refractivity contribution is 6.08. The van der Waals surface area contributed by atoms with Gasteiger partial charge in [0.05, 0.1) is 0 Å². The summed E-state index contributed by atoms with van der Waals surface area (Å²) >= 11 is 0. The predicted octanol–water partition coefficient (Wildman–Crippen LogP) is 4.46. The molecule has 0 saturated carbocycles. The van der Waals surface area contributed by atoms with Gasteiger partial charge >= 0.3 is 0 Å². The molecule has 0 radical (unpaired) electrons. The normalized spacial score (nSPS) is 10.5. The predicted molar refractivity (Wildman–Crippen MR) is 90.4 cm³/mol. The van der Waals surface area contributed by atoms with Crippen LogP contribution in [0.2, 0.25) is 0 Å². The van der Waals surface area contributed by atoms with Gasteiger partial charge in [0.15, 0.2) is 0 Å². The van der Waals surface area contributed by atoms with Crippen LogP contribution in [0.25, 0.3) is 11.3 Å². The first-order chi connectivity index (χ1) is 11.2. The van der Waals surface area contributed by atoms with Crippen molar-refractivity contribution in [1.82, 2.24) is 5.16 Å². The smallest absolute Gasteiger partial charge is 0.261 e. The monoisotopic (exact) mass is 306 g/mol. The van der Waals surface area contributed by atoms with Crippen LogP contribution >= 0.6 is 0 Å². The first kappa shape index (κ1) is 15.0. The standard InChI is InChI=1S/C19H18N2O2/c1-3-14-8-7-11-16(12-14)20-19(22)17-13(2)23-21-18(17)15-9-5-4-6-10-15/h4-12H,3H2,1-2H3,(H,20,22). The molecule has 0 aliphatic heterocycles. The Balaban J connectivity index is 1.92. The number of aromatic nitrogens is 1. The second kappa shape index (κ2) is 6.48. The van der Waals surface area contributed by atoms with Crippen LogP contribution in [0.3, 0.4) is 0 Å². The third kappa shape index (κ3) is 3.16. The van der Waals surface area contributed by atoms with Gasteiger partial charge in [-0.2, -0.15) is 0 Å². The Kier molecular flexibility index (Phi) is 4.24. The number of nitrogens with zero attached hydrogens (tertiary/aromatic N) is 1. The minimum atomic E-state index is -0.212. The van der Waals surface area contributed by atoms with Crippen molar-refractivity contribution in [2.45, 2.75) is 20.3 Å². The SMILES string of the molecule is CCc1cccc(NC(=O)c2c(-c3ccccc3)noc2C)c1. The molecule has 3 rings (SSSR count). The third-order valence-corrected chi connectivity index (χ3v) is 3.73. The van der Waals surface area contributed by atoms with E-state index in [-0.39, 0.29) is 5.91 Å². The molecule has 23 heavy (non-hydrogen) atoms. The van der Waals surface area contributed by atoms with E-state index in [1.807, 2.05) is 54.6 Å². The zero-order valence-corrected chi connectivity index (χ0v) is 13.2. The maximum atomic E-state index is 12.7. The lowest BCUT2D eigenvalue weighted by atomic mass is 10.1. The molecule has 1 amide bonds. The van der Waals surface area contributed by atoms with E-state index in [1.54, 1.807) is 6.92 Å². The maximum absolute atomic E-state index is 12.7. The van der Waals surface area contributed by atoms with Crippen LogP contribution in [-0.2, 0) is 6.42 Å². The van der Waals surface area contributed by atoms with E-state index in [0.29, 0.717) is 17.0 Å². The number of aryl methyl sites for hydroxylation is 2. The number of anilines is 1. The summed E-state index contributed by atoms with van der Waals surface area (Å²) in [5.74, 6) is 0.295. The number of hydrogen-bond donors (Lipinski definition) is 1. The zero-order chi connectivity index (χ0) is 16.2. The maximum Gasteiger partial charge on any atom is 0.261 e. The fraction of sp³-hybridized carbons (Fsp3) is 0.158. The van der Waals surface area contributed by atoms with Crippen LogP contribution in [0.15, 0.2) is 59.1 Å². The van der Waals surface area contributed by atoms with Gasteiger partial charge in [-0.1, -0.05) is 54.5 Å². The summed E-state index contributed by atoms with van der Waals surface area (Å²) in [7, 11) is 0. The Bertz CT molecular complexity index is 822. The van der Waals surface area contributed by atoms with Gasteiger partial charge in [0, 0.05) is 11.3 Å².